The average Bonchev–Trinajstić information content (AvgIpc) is 2.69. The van der Waals surface area contributed by atoms with Crippen molar-refractivity contribution < 1.29 is 4.39 Å². The predicted octanol–water partition coefficient (Wildman–Crippen LogP) is 2.11. The highest BCUT2D eigenvalue weighted by Crippen LogP contribution is 2.23. The zero-order valence-corrected chi connectivity index (χ0v) is 14.9. The maximum atomic E-state index is 13.5. The summed E-state index contributed by atoms with van der Waals surface area (Å²) >= 11 is 0. The monoisotopic (exact) mass is 356 g/mol. The van der Waals surface area contributed by atoms with Crippen molar-refractivity contribution in [1.82, 2.24) is 15.3 Å². The van der Waals surface area contributed by atoms with Gasteiger partial charge in [-0.15, -0.1) is 0 Å². The molecule has 26 heavy (non-hydrogen) atoms. The minimum absolute atomic E-state index is 0.186. The number of aromatic nitrogens is 2. The van der Waals surface area contributed by atoms with Crippen LogP contribution in [0.4, 0.5) is 21.7 Å². The van der Waals surface area contributed by atoms with Gasteiger partial charge >= 0.3 is 0 Å². The van der Waals surface area contributed by atoms with E-state index in [2.05, 4.69) is 30.4 Å². The standard InChI is InChI=1S/C19H25FN6/c20-15-3-1-5-17(11-15)26-8-2-4-16(13-26)24-18-12-19(23-14-22-18)25-9-6-21-7-10-25/h1,3,5,11-12,14,16,21H,2,4,6-10,13H2,(H,22,23,24)/t16-/m1/s1. The third-order valence-corrected chi connectivity index (χ3v) is 5.04. The maximum absolute atomic E-state index is 13.5. The first kappa shape index (κ1) is 17.0. The second-order valence-electron chi connectivity index (χ2n) is 6.91. The van der Waals surface area contributed by atoms with E-state index in [4.69, 9.17) is 0 Å². The molecule has 1 aromatic carbocycles. The van der Waals surface area contributed by atoms with Crippen molar-refractivity contribution in [2.75, 3.05) is 54.4 Å². The van der Waals surface area contributed by atoms with Crippen LogP contribution in [-0.2, 0) is 0 Å². The molecule has 2 saturated heterocycles. The summed E-state index contributed by atoms with van der Waals surface area (Å²) in [6, 6.07) is 9.16. The summed E-state index contributed by atoms with van der Waals surface area (Å²) in [5.41, 5.74) is 0.945. The number of nitrogens with one attached hydrogen (secondary N) is 2. The lowest BCUT2D eigenvalue weighted by atomic mass is 10.0. The van der Waals surface area contributed by atoms with Crippen LogP contribution in [0, 0.1) is 5.82 Å². The molecule has 0 unspecified atom stereocenters. The van der Waals surface area contributed by atoms with Gasteiger partial charge in [0.15, 0.2) is 0 Å². The Morgan fingerprint density at radius 2 is 1.96 bits per heavy atom. The largest absolute Gasteiger partial charge is 0.369 e. The molecule has 7 heteroatoms. The lowest BCUT2D eigenvalue weighted by molar-refractivity contribution is 0.527. The number of piperidine rings is 1. The lowest BCUT2D eigenvalue weighted by Crippen LogP contribution is -2.44. The maximum Gasteiger partial charge on any atom is 0.134 e. The highest BCUT2D eigenvalue weighted by atomic mass is 19.1. The van der Waals surface area contributed by atoms with E-state index in [1.165, 1.54) is 6.07 Å². The Kier molecular flexibility index (Phi) is 5.15. The van der Waals surface area contributed by atoms with Gasteiger partial charge in [0.05, 0.1) is 0 Å². The van der Waals surface area contributed by atoms with E-state index < -0.39 is 0 Å². The van der Waals surface area contributed by atoms with E-state index in [9.17, 15) is 4.39 Å². The van der Waals surface area contributed by atoms with Crippen molar-refractivity contribution >= 4 is 17.3 Å². The number of benzene rings is 1. The third kappa shape index (κ3) is 4.04. The fraction of sp³-hybridized carbons (Fsp3) is 0.474. The Hall–Kier alpha value is -2.41. The second-order valence-corrected chi connectivity index (χ2v) is 6.91. The second kappa shape index (κ2) is 7.86. The van der Waals surface area contributed by atoms with Crippen molar-refractivity contribution in [1.29, 1.82) is 0 Å². The molecule has 2 aliphatic rings. The van der Waals surface area contributed by atoms with Gasteiger partial charge in [0.1, 0.15) is 23.8 Å². The van der Waals surface area contributed by atoms with Gasteiger partial charge in [0.25, 0.3) is 0 Å². The first-order valence-electron chi connectivity index (χ1n) is 9.33. The number of hydrogen-bond donors (Lipinski definition) is 2. The third-order valence-electron chi connectivity index (χ3n) is 5.04. The highest BCUT2D eigenvalue weighted by molar-refractivity contribution is 5.51. The SMILES string of the molecule is Fc1cccc(N2CCC[C@@H](Nc3cc(N4CCNCC4)ncn3)C2)c1. The van der Waals surface area contributed by atoms with Crippen molar-refractivity contribution in [3.63, 3.8) is 0 Å². The molecule has 2 aliphatic heterocycles. The van der Waals surface area contributed by atoms with E-state index in [0.29, 0.717) is 0 Å². The summed E-state index contributed by atoms with van der Waals surface area (Å²) < 4.78 is 13.5. The molecule has 0 aliphatic carbocycles. The Labute approximate surface area is 153 Å². The van der Waals surface area contributed by atoms with Crippen molar-refractivity contribution in [3.05, 3.63) is 42.5 Å². The molecule has 0 radical (unpaired) electrons. The Balaban J connectivity index is 1.42. The van der Waals surface area contributed by atoms with Crippen LogP contribution in [0.3, 0.4) is 0 Å². The molecule has 2 fully saturated rings. The lowest BCUT2D eigenvalue weighted by Gasteiger charge is -2.35. The molecule has 0 spiro atoms. The van der Waals surface area contributed by atoms with E-state index >= 15 is 0 Å². The molecule has 6 nitrogen and oxygen atoms in total. The van der Waals surface area contributed by atoms with Gasteiger partial charge < -0.3 is 20.4 Å². The van der Waals surface area contributed by atoms with Gasteiger partial charge in [-0.05, 0) is 31.0 Å². The fourth-order valence-corrected chi connectivity index (χ4v) is 3.70. The molecular formula is C19H25FN6. The summed E-state index contributed by atoms with van der Waals surface area (Å²) in [6.07, 6.45) is 3.79. The molecule has 0 amide bonds. The molecular weight excluding hydrogens is 331 g/mol. The van der Waals surface area contributed by atoms with Crippen LogP contribution in [0.5, 0.6) is 0 Å². The molecule has 3 heterocycles. The van der Waals surface area contributed by atoms with E-state index in [1.54, 1.807) is 18.5 Å². The molecule has 0 bridgehead atoms. The smallest absolute Gasteiger partial charge is 0.134 e. The number of nitrogens with zero attached hydrogens (tertiary/aromatic N) is 4. The van der Waals surface area contributed by atoms with Crippen LogP contribution in [0.15, 0.2) is 36.7 Å². The Bertz CT molecular complexity index is 733. The summed E-state index contributed by atoms with van der Waals surface area (Å²) in [7, 11) is 0. The molecule has 138 valence electrons. The Morgan fingerprint density at radius 1 is 1.08 bits per heavy atom. The number of piperazine rings is 1. The highest BCUT2D eigenvalue weighted by Gasteiger charge is 2.21. The normalized spacial score (nSPS) is 20.9. The summed E-state index contributed by atoms with van der Waals surface area (Å²) in [5, 5.41) is 6.90. The minimum atomic E-state index is -0.186. The molecule has 2 N–H and O–H groups in total. The van der Waals surface area contributed by atoms with Gasteiger partial charge in [0, 0.05) is 57.1 Å². The number of rotatable bonds is 4. The quantitative estimate of drug-likeness (QED) is 0.875. The van der Waals surface area contributed by atoms with Crippen LogP contribution in [0.2, 0.25) is 0 Å². The van der Waals surface area contributed by atoms with Gasteiger partial charge in [-0.2, -0.15) is 0 Å². The topological polar surface area (TPSA) is 56.3 Å². The van der Waals surface area contributed by atoms with Crippen molar-refractivity contribution in [3.8, 4) is 0 Å². The summed E-state index contributed by atoms with van der Waals surface area (Å²) in [5.74, 6) is 1.65. The molecule has 0 saturated carbocycles. The average molecular weight is 356 g/mol. The first-order valence-corrected chi connectivity index (χ1v) is 9.33. The molecule has 4 rings (SSSR count). The van der Waals surface area contributed by atoms with Crippen molar-refractivity contribution in [2.24, 2.45) is 0 Å². The predicted molar refractivity (Wildman–Crippen MR) is 102 cm³/mol. The van der Waals surface area contributed by atoms with E-state index in [1.807, 2.05) is 12.1 Å². The van der Waals surface area contributed by atoms with Crippen LogP contribution in [-0.4, -0.2) is 55.3 Å². The van der Waals surface area contributed by atoms with E-state index in [-0.39, 0.29) is 11.9 Å². The molecule has 1 aromatic heterocycles. The van der Waals surface area contributed by atoms with Crippen LogP contribution < -0.4 is 20.4 Å². The number of anilines is 3. The number of halogens is 1. The summed E-state index contributed by atoms with van der Waals surface area (Å²) in [6.45, 7) is 5.70. The van der Waals surface area contributed by atoms with Gasteiger partial charge in [-0.3, -0.25) is 0 Å². The van der Waals surface area contributed by atoms with Crippen LogP contribution in [0.25, 0.3) is 0 Å². The van der Waals surface area contributed by atoms with Gasteiger partial charge in [-0.1, -0.05) is 6.07 Å². The fourth-order valence-electron chi connectivity index (χ4n) is 3.70. The molecule has 2 aromatic rings. The Morgan fingerprint density at radius 3 is 2.81 bits per heavy atom. The van der Waals surface area contributed by atoms with Gasteiger partial charge in [-0.25, -0.2) is 14.4 Å². The van der Waals surface area contributed by atoms with Crippen molar-refractivity contribution in [2.45, 2.75) is 18.9 Å². The van der Waals surface area contributed by atoms with E-state index in [0.717, 1.165) is 69.4 Å². The zero-order valence-electron chi connectivity index (χ0n) is 14.9. The van der Waals surface area contributed by atoms with Crippen LogP contribution in [0.1, 0.15) is 12.8 Å². The summed E-state index contributed by atoms with van der Waals surface area (Å²) in [4.78, 5) is 13.3. The molecule has 1 atom stereocenters. The minimum Gasteiger partial charge on any atom is -0.369 e. The number of hydrogen-bond acceptors (Lipinski definition) is 6. The zero-order chi connectivity index (χ0) is 17.8. The van der Waals surface area contributed by atoms with Gasteiger partial charge in [0.2, 0.25) is 0 Å². The first-order chi connectivity index (χ1) is 12.8. The van der Waals surface area contributed by atoms with Crippen LogP contribution >= 0.6 is 0 Å².